The minimum atomic E-state index is -0.379. The van der Waals surface area contributed by atoms with Gasteiger partial charge in [0.2, 0.25) is 5.25 Å². The van der Waals surface area contributed by atoms with Crippen molar-refractivity contribution in [3.05, 3.63) is 0 Å². The molecule has 0 N–H and O–H groups in total. The van der Waals surface area contributed by atoms with Crippen molar-refractivity contribution >= 4 is 11.7 Å². The van der Waals surface area contributed by atoms with E-state index < -0.39 is 0 Å². The first-order valence-electron chi connectivity index (χ1n) is 2.16. The van der Waals surface area contributed by atoms with Gasteiger partial charge in [0.15, 0.2) is 0 Å². The fraction of sp³-hybridized carbons (Fsp3) is 1.00. The fourth-order valence-electron chi connectivity index (χ4n) is 0.202. The SMILES string of the molecule is CC(CCF)[S+]=O. The van der Waals surface area contributed by atoms with Crippen LogP contribution in [0.1, 0.15) is 13.3 Å². The van der Waals surface area contributed by atoms with Crippen LogP contribution in [0.3, 0.4) is 0 Å². The maximum atomic E-state index is 11.3. The molecule has 42 valence electrons. The summed E-state index contributed by atoms with van der Waals surface area (Å²) in [6, 6.07) is 0. The zero-order valence-corrected chi connectivity index (χ0v) is 5.00. The molecule has 1 nitrogen and oxygen atoms in total. The van der Waals surface area contributed by atoms with Crippen molar-refractivity contribution in [3.8, 4) is 0 Å². The molecule has 0 aliphatic rings. The molecule has 0 radical (unpaired) electrons. The van der Waals surface area contributed by atoms with Gasteiger partial charge in [0.1, 0.15) is 0 Å². The number of hydrogen-bond acceptors (Lipinski definition) is 1. The summed E-state index contributed by atoms with van der Waals surface area (Å²) in [5.41, 5.74) is 0. The number of halogens is 1. The van der Waals surface area contributed by atoms with Crippen molar-refractivity contribution < 1.29 is 8.60 Å². The topological polar surface area (TPSA) is 17.1 Å². The summed E-state index contributed by atoms with van der Waals surface area (Å²) in [5.74, 6) is 0. The van der Waals surface area contributed by atoms with E-state index in [0.717, 1.165) is 0 Å². The van der Waals surface area contributed by atoms with E-state index >= 15 is 0 Å². The van der Waals surface area contributed by atoms with E-state index in [4.69, 9.17) is 0 Å². The van der Waals surface area contributed by atoms with Gasteiger partial charge in [0, 0.05) is 10.6 Å². The van der Waals surface area contributed by atoms with Crippen molar-refractivity contribution in [2.75, 3.05) is 6.67 Å². The molecule has 0 saturated heterocycles. The first-order valence-corrected chi connectivity index (χ1v) is 2.96. The lowest BCUT2D eigenvalue weighted by molar-refractivity contribution is 0.469. The molecule has 0 heterocycles. The molecule has 0 aromatic carbocycles. The van der Waals surface area contributed by atoms with Gasteiger partial charge in [-0.1, -0.05) is 0 Å². The largest absolute Gasteiger partial charge is 0.461 e. The number of rotatable bonds is 3. The zero-order chi connectivity index (χ0) is 5.70. The highest BCUT2D eigenvalue weighted by Gasteiger charge is 2.11. The van der Waals surface area contributed by atoms with Gasteiger partial charge in [-0.3, -0.25) is 4.39 Å². The van der Waals surface area contributed by atoms with Crippen LogP contribution in [0.25, 0.3) is 0 Å². The van der Waals surface area contributed by atoms with E-state index in [0.29, 0.717) is 18.1 Å². The number of alkyl halides is 1. The highest BCUT2D eigenvalue weighted by Crippen LogP contribution is 1.91. The van der Waals surface area contributed by atoms with E-state index in [1.54, 1.807) is 6.92 Å². The summed E-state index contributed by atoms with van der Waals surface area (Å²) < 4.78 is 21.0. The van der Waals surface area contributed by atoms with Gasteiger partial charge in [0.05, 0.1) is 6.67 Å². The fourth-order valence-corrected chi connectivity index (χ4v) is 0.387. The van der Waals surface area contributed by atoms with E-state index in [1.165, 1.54) is 0 Å². The Hall–Kier alpha value is -0.0500. The third-order valence-electron chi connectivity index (χ3n) is 0.680. The molecule has 0 rings (SSSR count). The average Bonchev–Trinajstić information content (AvgIpc) is 1.68. The summed E-state index contributed by atoms with van der Waals surface area (Å²) in [5, 5.41) is -0.0648. The monoisotopic (exact) mass is 123 g/mol. The first-order chi connectivity index (χ1) is 3.31. The lowest BCUT2D eigenvalue weighted by Crippen LogP contribution is -1.98. The van der Waals surface area contributed by atoms with Crippen LogP contribution in [-0.4, -0.2) is 11.9 Å². The second-order valence-electron chi connectivity index (χ2n) is 1.38. The Morgan fingerprint density at radius 1 is 1.86 bits per heavy atom. The minimum absolute atomic E-state index is 0.0648. The zero-order valence-electron chi connectivity index (χ0n) is 4.19. The summed E-state index contributed by atoms with van der Waals surface area (Å²) in [4.78, 5) is 0. The summed E-state index contributed by atoms with van der Waals surface area (Å²) in [7, 11) is 0. The van der Waals surface area contributed by atoms with Gasteiger partial charge in [-0.05, 0) is 6.92 Å². The molecule has 1 atom stereocenters. The Morgan fingerprint density at radius 2 is 2.43 bits per heavy atom. The van der Waals surface area contributed by atoms with Gasteiger partial charge in [-0.15, -0.1) is 0 Å². The molecule has 0 spiro atoms. The maximum Gasteiger partial charge on any atom is 0.461 e. The van der Waals surface area contributed by atoms with Crippen molar-refractivity contribution in [1.29, 1.82) is 0 Å². The Bertz CT molecular complexity index is 57.7. The van der Waals surface area contributed by atoms with Crippen molar-refractivity contribution in [2.45, 2.75) is 18.6 Å². The van der Waals surface area contributed by atoms with Crippen molar-refractivity contribution in [2.24, 2.45) is 0 Å². The van der Waals surface area contributed by atoms with E-state index in [9.17, 15) is 8.60 Å². The van der Waals surface area contributed by atoms with E-state index in [2.05, 4.69) is 0 Å². The first kappa shape index (κ1) is 6.95. The van der Waals surface area contributed by atoms with Crippen LogP contribution in [0.4, 0.5) is 4.39 Å². The number of hydrogen-bond donors (Lipinski definition) is 0. The summed E-state index contributed by atoms with van der Waals surface area (Å²) >= 11 is 0.459. The Morgan fingerprint density at radius 3 is 2.57 bits per heavy atom. The molecule has 0 aliphatic heterocycles. The Kier molecular flexibility index (Phi) is 4.09. The molecule has 3 heteroatoms. The predicted molar refractivity (Wildman–Crippen MR) is 28.1 cm³/mol. The second-order valence-corrected chi connectivity index (χ2v) is 2.38. The molecule has 0 fully saturated rings. The molecule has 1 unspecified atom stereocenters. The van der Waals surface area contributed by atoms with Gasteiger partial charge in [-0.2, -0.15) is 0 Å². The molecule has 0 amide bonds. The van der Waals surface area contributed by atoms with Crippen LogP contribution in [-0.2, 0) is 15.9 Å². The summed E-state index contributed by atoms with van der Waals surface area (Å²) in [6.45, 7) is 1.34. The van der Waals surface area contributed by atoms with Crippen LogP contribution < -0.4 is 0 Å². The molecule has 0 aliphatic carbocycles. The molecular formula is C4H8FOS+. The summed E-state index contributed by atoms with van der Waals surface area (Å²) in [6.07, 6.45) is 0.383. The highest BCUT2D eigenvalue weighted by molar-refractivity contribution is 7.66. The Balaban J connectivity index is 2.98. The third-order valence-corrected chi connectivity index (χ3v) is 1.24. The normalized spacial score (nSPS) is 13.4. The van der Waals surface area contributed by atoms with Crippen molar-refractivity contribution in [3.63, 3.8) is 0 Å². The van der Waals surface area contributed by atoms with Gasteiger partial charge in [0.25, 0.3) is 0 Å². The molecule has 0 saturated carbocycles. The lowest BCUT2D eigenvalue weighted by atomic mass is 10.4. The van der Waals surface area contributed by atoms with Crippen LogP contribution in [0.15, 0.2) is 0 Å². The quantitative estimate of drug-likeness (QED) is 0.515. The second kappa shape index (κ2) is 4.12. The average molecular weight is 123 g/mol. The van der Waals surface area contributed by atoms with Gasteiger partial charge in [-0.25, -0.2) is 0 Å². The predicted octanol–water partition coefficient (Wildman–Crippen LogP) is 1.16. The molecule has 0 aromatic rings. The standard InChI is InChI=1S/C4H8FOS/c1-4(7-6)2-3-5/h4H,2-3H2,1H3/q+1. The van der Waals surface area contributed by atoms with Crippen molar-refractivity contribution in [1.82, 2.24) is 0 Å². The maximum absolute atomic E-state index is 11.3. The lowest BCUT2D eigenvalue weighted by Gasteiger charge is -1.80. The van der Waals surface area contributed by atoms with Gasteiger partial charge < -0.3 is 0 Å². The van der Waals surface area contributed by atoms with Crippen LogP contribution in [0.5, 0.6) is 0 Å². The smallest absolute Gasteiger partial charge is 0.251 e. The van der Waals surface area contributed by atoms with Crippen LogP contribution in [0.2, 0.25) is 0 Å². The van der Waals surface area contributed by atoms with Gasteiger partial charge >= 0.3 is 11.7 Å². The van der Waals surface area contributed by atoms with E-state index in [1.807, 2.05) is 0 Å². The molecule has 0 bridgehead atoms. The molecule has 0 aromatic heterocycles. The Labute approximate surface area is 46.4 Å². The van der Waals surface area contributed by atoms with Crippen LogP contribution >= 0.6 is 0 Å². The highest BCUT2D eigenvalue weighted by atomic mass is 32.1. The molecule has 7 heavy (non-hydrogen) atoms. The van der Waals surface area contributed by atoms with Crippen LogP contribution in [0, 0.1) is 0 Å². The minimum Gasteiger partial charge on any atom is -0.251 e. The van der Waals surface area contributed by atoms with E-state index in [-0.39, 0.29) is 11.9 Å². The third kappa shape index (κ3) is 3.79. The molecular weight excluding hydrogens is 115 g/mol.